The molecule has 180 valence electrons. The normalized spacial score (nSPS) is 10.8. The highest BCUT2D eigenvalue weighted by Gasteiger charge is 2.00. The third-order valence-corrected chi connectivity index (χ3v) is 5.37. The number of hydrogen-bond acceptors (Lipinski definition) is 4. The number of methoxy groups -OCH3 is 1. The van der Waals surface area contributed by atoms with Crippen LogP contribution in [-0.4, -0.2) is 26.0 Å². The van der Waals surface area contributed by atoms with Crippen LogP contribution in [0.15, 0.2) is 53.6 Å². The van der Waals surface area contributed by atoms with Crippen LogP contribution in [0, 0.1) is 0 Å². The van der Waals surface area contributed by atoms with Gasteiger partial charge in [0.15, 0.2) is 0 Å². The van der Waals surface area contributed by atoms with Crippen molar-refractivity contribution >= 4 is 17.9 Å². The minimum Gasteiger partial charge on any atom is -0.497 e. The van der Waals surface area contributed by atoms with Gasteiger partial charge in [0.2, 0.25) is 0 Å². The summed E-state index contributed by atoms with van der Waals surface area (Å²) in [5, 5.41) is 6.68. The van der Waals surface area contributed by atoms with E-state index in [0.717, 1.165) is 30.1 Å². The first-order valence-electron chi connectivity index (χ1n) is 12.2. The number of rotatable bonds is 16. The molecule has 0 heterocycles. The van der Waals surface area contributed by atoms with Gasteiger partial charge in [-0.2, -0.15) is 5.10 Å². The summed E-state index contributed by atoms with van der Waals surface area (Å²) in [7, 11) is 1.60. The maximum absolute atomic E-state index is 11.9. The standard InChI is InChI=1S/C27H39N3O3/c1-3-4-5-6-7-8-9-10-11-12-21-33-26-17-13-23(14-18-26)22-28-30-27(31)29-24-15-19-25(32-2)20-16-24/h13-20,22H,3-12,21H2,1-2H3,(H2,29,30,31). The number of ether oxygens (including phenoxy) is 2. The third kappa shape index (κ3) is 12.0. The van der Waals surface area contributed by atoms with Crippen LogP contribution in [-0.2, 0) is 0 Å². The van der Waals surface area contributed by atoms with E-state index in [0.29, 0.717) is 5.69 Å². The van der Waals surface area contributed by atoms with Crippen LogP contribution in [0.4, 0.5) is 10.5 Å². The lowest BCUT2D eigenvalue weighted by Crippen LogP contribution is -2.24. The molecule has 6 nitrogen and oxygen atoms in total. The second-order valence-corrected chi connectivity index (χ2v) is 8.15. The Kier molecular flexibility index (Phi) is 13.2. The number of carbonyl (C=O) groups is 1. The van der Waals surface area contributed by atoms with Crippen molar-refractivity contribution in [3.05, 3.63) is 54.1 Å². The van der Waals surface area contributed by atoms with Crippen molar-refractivity contribution in [2.45, 2.75) is 71.1 Å². The van der Waals surface area contributed by atoms with Crippen molar-refractivity contribution in [2.24, 2.45) is 5.10 Å². The van der Waals surface area contributed by atoms with Gasteiger partial charge in [0, 0.05) is 5.69 Å². The SMILES string of the molecule is CCCCCCCCCCCCOc1ccc(C=NNC(=O)Nc2ccc(OC)cc2)cc1. The molecule has 6 heteroatoms. The van der Waals surface area contributed by atoms with E-state index < -0.39 is 6.03 Å². The maximum atomic E-state index is 11.9. The smallest absolute Gasteiger partial charge is 0.339 e. The summed E-state index contributed by atoms with van der Waals surface area (Å²) < 4.78 is 10.9. The second kappa shape index (κ2) is 16.6. The highest BCUT2D eigenvalue weighted by Crippen LogP contribution is 2.15. The van der Waals surface area contributed by atoms with E-state index >= 15 is 0 Å². The molecular formula is C27H39N3O3. The predicted octanol–water partition coefficient (Wildman–Crippen LogP) is 7.15. The van der Waals surface area contributed by atoms with Crippen LogP contribution < -0.4 is 20.2 Å². The first kappa shape index (κ1) is 26.2. The van der Waals surface area contributed by atoms with Crippen molar-refractivity contribution < 1.29 is 14.3 Å². The van der Waals surface area contributed by atoms with Crippen molar-refractivity contribution in [2.75, 3.05) is 19.0 Å². The highest BCUT2D eigenvalue weighted by atomic mass is 16.5. The first-order valence-corrected chi connectivity index (χ1v) is 12.2. The molecule has 0 radical (unpaired) electrons. The second-order valence-electron chi connectivity index (χ2n) is 8.15. The van der Waals surface area contributed by atoms with Crippen LogP contribution in [0.2, 0.25) is 0 Å². The van der Waals surface area contributed by atoms with Crippen molar-refractivity contribution in [1.82, 2.24) is 5.43 Å². The van der Waals surface area contributed by atoms with E-state index in [9.17, 15) is 4.79 Å². The van der Waals surface area contributed by atoms with Crippen molar-refractivity contribution in [1.29, 1.82) is 0 Å². The monoisotopic (exact) mass is 453 g/mol. The van der Waals surface area contributed by atoms with Gasteiger partial charge in [-0.05, 0) is 60.5 Å². The van der Waals surface area contributed by atoms with E-state index in [2.05, 4.69) is 22.8 Å². The Morgan fingerprint density at radius 3 is 2.00 bits per heavy atom. The fourth-order valence-corrected chi connectivity index (χ4v) is 3.43. The summed E-state index contributed by atoms with van der Waals surface area (Å²) >= 11 is 0. The molecular weight excluding hydrogens is 414 g/mol. The Balaban J connectivity index is 1.55. The number of benzene rings is 2. The number of hydrazone groups is 1. The molecule has 2 N–H and O–H groups in total. The van der Waals surface area contributed by atoms with E-state index in [1.807, 2.05) is 24.3 Å². The van der Waals surface area contributed by atoms with Gasteiger partial charge in [-0.1, -0.05) is 64.7 Å². The maximum Gasteiger partial charge on any atom is 0.339 e. The van der Waals surface area contributed by atoms with Gasteiger partial charge >= 0.3 is 6.03 Å². The quantitative estimate of drug-likeness (QED) is 0.161. The van der Waals surface area contributed by atoms with Gasteiger partial charge in [0.05, 0.1) is 19.9 Å². The first-order chi connectivity index (χ1) is 16.2. The molecule has 0 saturated carbocycles. The fourth-order valence-electron chi connectivity index (χ4n) is 3.43. The molecule has 0 saturated heterocycles. The van der Waals surface area contributed by atoms with Crippen LogP contribution in [0.1, 0.15) is 76.7 Å². The van der Waals surface area contributed by atoms with E-state index in [1.54, 1.807) is 37.6 Å². The molecule has 2 aromatic carbocycles. The van der Waals surface area contributed by atoms with Gasteiger partial charge in [0.1, 0.15) is 11.5 Å². The summed E-state index contributed by atoms with van der Waals surface area (Å²) in [6.07, 6.45) is 14.8. The molecule has 0 unspecified atom stereocenters. The van der Waals surface area contributed by atoms with Crippen LogP contribution in [0.3, 0.4) is 0 Å². The Morgan fingerprint density at radius 2 is 1.39 bits per heavy atom. The largest absolute Gasteiger partial charge is 0.497 e. The molecule has 0 aromatic heterocycles. The Bertz CT molecular complexity index is 804. The molecule has 0 spiro atoms. The zero-order valence-corrected chi connectivity index (χ0v) is 20.1. The molecule has 2 rings (SSSR count). The lowest BCUT2D eigenvalue weighted by Gasteiger charge is -2.07. The molecule has 0 atom stereocenters. The number of nitrogens with one attached hydrogen (secondary N) is 2. The Morgan fingerprint density at radius 1 is 0.818 bits per heavy atom. The zero-order chi connectivity index (χ0) is 23.6. The molecule has 0 fully saturated rings. The number of amides is 2. The molecule has 33 heavy (non-hydrogen) atoms. The van der Waals surface area contributed by atoms with Gasteiger partial charge in [0.25, 0.3) is 0 Å². The molecule has 0 aliphatic heterocycles. The van der Waals surface area contributed by atoms with Crippen molar-refractivity contribution in [3.8, 4) is 11.5 Å². The number of hydrogen-bond donors (Lipinski definition) is 2. The summed E-state index contributed by atoms with van der Waals surface area (Å²) in [4.78, 5) is 11.9. The summed E-state index contributed by atoms with van der Waals surface area (Å²) in [5.41, 5.74) is 4.00. The average Bonchev–Trinajstić information content (AvgIpc) is 2.84. The number of unbranched alkanes of at least 4 members (excludes halogenated alkanes) is 9. The van der Waals surface area contributed by atoms with Crippen LogP contribution >= 0.6 is 0 Å². The van der Waals surface area contributed by atoms with E-state index in [1.165, 1.54) is 57.8 Å². The van der Waals surface area contributed by atoms with Gasteiger partial charge < -0.3 is 14.8 Å². The molecule has 0 aliphatic carbocycles. The number of nitrogens with zero attached hydrogens (tertiary/aromatic N) is 1. The molecule has 0 bridgehead atoms. The summed E-state index contributed by atoms with van der Waals surface area (Å²) in [6.45, 7) is 3.01. The lowest BCUT2D eigenvalue weighted by atomic mass is 10.1. The summed E-state index contributed by atoms with van der Waals surface area (Å²) in [6, 6.07) is 14.4. The number of anilines is 1. The predicted molar refractivity (Wildman–Crippen MR) is 137 cm³/mol. The number of carbonyl (C=O) groups excluding carboxylic acids is 1. The van der Waals surface area contributed by atoms with E-state index in [4.69, 9.17) is 9.47 Å². The van der Waals surface area contributed by atoms with E-state index in [-0.39, 0.29) is 0 Å². The van der Waals surface area contributed by atoms with Crippen LogP contribution in [0.5, 0.6) is 11.5 Å². The molecule has 2 amide bonds. The Hall–Kier alpha value is -3.02. The highest BCUT2D eigenvalue weighted by molar-refractivity contribution is 5.90. The minimum absolute atomic E-state index is 0.409. The van der Waals surface area contributed by atoms with Gasteiger partial charge in [-0.3, -0.25) is 0 Å². The average molecular weight is 454 g/mol. The topological polar surface area (TPSA) is 72.0 Å². The number of urea groups is 1. The fraction of sp³-hybridized carbons (Fsp3) is 0.481. The zero-order valence-electron chi connectivity index (χ0n) is 20.1. The van der Waals surface area contributed by atoms with Gasteiger partial charge in [-0.25, -0.2) is 10.2 Å². The molecule has 0 aliphatic rings. The minimum atomic E-state index is -0.409. The summed E-state index contributed by atoms with van der Waals surface area (Å²) in [5.74, 6) is 1.59. The molecule has 2 aromatic rings. The Labute approximate surface area is 198 Å². The lowest BCUT2D eigenvalue weighted by molar-refractivity contribution is 0.252. The third-order valence-electron chi connectivity index (χ3n) is 5.37. The van der Waals surface area contributed by atoms with Gasteiger partial charge in [-0.15, -0.1) is 0 Å². The van der Waals surface area contributed by atoms with Crippen molar-refractivity contribution in [3.63, 3.8) is 0 Å². The van der Waals surface area contributed by atoms with Crippen LogP contribution in [0.25, 0.3) is 0 Å².